The van der Waals surface area contributed by atoms with Gasteiger partial charge in [0, 0.05) is 31.7 Å². The first-order valence-corrected chi connectivity index (χ1v) is 5.37. The van der Waals surface area contributed by atoms with Gasteiger partial charge in [0.1, 0.15) is 0 Å². The van der Waals surface area contributed by atoms with Crippen molar-refractivity contribution in [3.63, 3.8) is 0 Å². The zero-order valence-corrected chi connectivity index (χ0v) is 9.34. The van der Waals surface area contributed by atoms with Gasteiger partial charge in [0.15, 0.2) is 0 Å². The largest absolute Gasteiger partial charge is 0.355 e. The molecule has 1 heterocycles. The van der Waals surface area contributed by atoms with Crippen LogP contribution >= 0.6 is 0 Å². The molecule has 1 rings (SSSR count). The molecule has 0 aliphatic carbocycles. The average molecular weight is 199 g/mol. The number of hydrogen-bond donors (Lipinski definition) is 2. The van der Waals surface area contributed by atoms with Crippen molar-refractivity contribution < 1.29 is 4.79 Å². The van der Waals surface area contributed by atoms with E-state index in [2.05, 4.69) is 29.4 Å². The van der Waals surface area contributed by atoms with Crippen LogP contribution in [-0.2, 0) is 4.79 Å². The lowest BCUT2D eigenvalue weighted by molar-refractivity contribution is -0.123. The van der Waals surface area contributed by atoms with Crippen LogP contribution < -0.4 is 10.6 Å². The first-order valence-electron chi connectivity index (χ1n) is 5.37. The predicted octanol–water partition coefficient (Wildman–Crippen LogP) is -0.195. The first kappa shape index (κ1) is 11.5. The maximum Gasteiger partial charge on any atom is 0.234 e. The van der Waals surface area contributed by atoms with Gasteiger partial charge in [0.25, 0.3) is 0 Å². The smallest absolute Gasteiger partial charge is 0.234 e. The van der Waals surface area contributed by atoms with E-state index in [0.717, 1.165) is 19.6 Å². The molecule has 0 aromatic carbocycles. The fourth-order valence-corrected chi connectivity index (χ4v) is 1.76. The maximum absolute atomic E-state index is 11.4. The van der Waals surface area contributed by atoms with E-state index in [0.29, 0.717) is 18.6 Å². The molecule has 1 saturated heterocycles. The number of carbonyl (C=O) groups excluding carboxylic acids is 1. The highest BCUT2D eigenvalue weighted by molar-refractivity contribution is 5.77. The summed E-state index contributed by atoms with van der Waals surface area (Å²) in [4.78, 5) is 13.6. The number of amides is 1. The van der Waals surface area contributed by atoms with Gasteiger partial charge in [-0.2, -0.15) is 0 Å². The lowest BCUT2D eigenvalue weighted by Crippen LogP contribution is -2.56. The highest BCUT2D eigenvalue weighted by Gasteiger charge is 2.23. The van der Waals surface area contributed by atoms with Gasteiger partial charge in [-0.15, -0.1) is 0 Å². The molecular formula is C10H21N3O. The van der Waals surface area contributed by atoms with Crippen molar-refractivity contribution in [2.24, 2.45) is 0 Å². The summed E-state index contributed by atoms with van der Waals surface area (Å²) < 4.78 is 0. The lowest BCUT2D eigenvalue weighted by atomic mass is 10.1. The van der Waals surface area contributed by atoms with Crippen molar-refractivity contribution in [1.29, 1.82) is 0 Å². The molecule has 1 fully saturated rings. The molecule has 1 amide bonds. The molecule has 0 aromatic heterocycles. The Balaban J connectivity index is 2.37. The minimum absolute atomic E-state index is 0.133. The molecule has 2 atom stereocenters. The fourth-order valence-electron chi connectivity index (χ4n) is 1.76. The molecule has 0 aromatic rings. The van der Waals surface area contributed by atoms with E-state index in [1.54, 1.807) is 0 Å². The van der Waals surface area contributed by atoms with E-state index < -0.39 is 0 Å². The zero-order chi connectivity index (χ0) is 10.6. The van der Waals surface area contributed by atoms with E-state index in [-0.39, 0.29) is 5.91 Å². The summed E-state index contributed by atoms with van der Waals surface area (Å²) >= 11 is 0. The third-order valence-corrected chi connectivity index (χ3v) is 2.61. The van der Waals surface area contributed by atoms with Crippen molar-refractivity contribution in [3.8, 4) is 0 Å². The van der Waals surface area contributed by atoms with Crippen LogP contribution in [0.15, 0.2) is 0 Å². The Morgan fingerprint density at radius 3 is 2.93 bits per heavy atom. The molecule has 2 unspecified atom stereocenters. The SMILES string of the molecule is CCNC(=O)CN1CC(C)NCC1C. The topological polar surface area (TPSA) is 44.4 Å². The van der Waals surface area contributed by atoms with Crippen LogP contribution in [0.2, 0.25) is 0 Å². The third kappa shape index (κ3) is 3.27. The molecule has 14 heavy (non-hydrogen) atoms. The average Bonchev–Trinajstić information content (AvgIpc) is 2.12. The Kier molecular flexibility index (Phi) is 4.35. The molecule has 1 aliphatic heterocycles. The van der Waals surface area contributed by atoms with Crippen molar-refractivity contribution in [3.05, 3.63) is 0 Å². The highest BCUT2D eigenvalue weighted by Crippen LogP contribution is 2.05. The van der Waals surface area contributed by atoms with Crippen molar-refractivity contribution >= 4 is 5.91 Å². The summed E-state index contributed by atoms with van der Waals surface area (Å²) in [5.74, 6) is 0.133. The van der Waals surface area contributed by atoms with Crippen LogP contribution in [0, 0.1) is 0 Å². The van der Waals surface area contributed by atoms with Crippen LogP contribution in [0.1, 0.15) is 20.8 Å². The quantitative estimate of drug-likeness (QED) is 0.662. The summed E-state index contributed by atoms with van der Waals surface area (Å²) in [6, 6.07) is 0.939. The summed E-state index contributed by atoms with van der Waals surface area (Å²) in [6.45, 7) is 9.42. The van der Waals surface area contributed by atoms with Gasteiger partial charge in [-0.25, -0.2) is 0 Å². The fraction of sp³-hybridized carbons (Fsp3) is 0.900. The number of hydrogen-bond acceptors (Lipinski definition) is 3. The van der Waals surface area contributed by atoms with Gasteiger partial charge in [-0.05, 0) is 20.8 Å². The Morgan fingerprint density at radius 1 is 1.57 bits per heavy atom. The Hall–Kier alpha value is -0.610. The Bertz CT molecular complexity index is 196. The molecule has 0 saturated carbocycles. The predicted molar refractivity (Wildman–Crippen MR) is 57.2 cm³/mol. The molecular weight excluding hydrogens is 178 g/mol. The molecule has 0 bridgehead atoms. The molecule has 4 heteroatoms. The number of nitrogens with one attached hydrogen (secondary N) is 2. The van der Waals surface area contributed by atoms with Crippen LogP contribution in [-0.4, -0.2) is 49.1 Å². The second kappa shape index (κ2) is 5.32. The number of nitrogens with zero attached hydrogens (tertiary/aromatic N) is 1. The molecule has 4 nitrogen and oxygen atoms in total. The molecule has 82 valence electrons. The minimum Gasteiger partial charge on any atom is -0.355 e. The van der Waals surface area contributed by atoms with Crippen LogP contribution in [0.25, 0.3) is 0 Å². The van der Waals surface area contributed by atoms with E-state index in [9.17, 15) is 4.79 Å². The minimum atomic E-state index is 0.133. The second-order valence-corrected chi connectivity index (χ2v) is 4.04. The summed E-state index contributed by atoms with van der Waals surface area (Å²) in [5.41, 5.74) is 0. The van der Waals surface area contributed by atoms with Crippen LogP contribution in [0.5, 0.6) is 0 Å². The van der Waals surface area contributed by atoms with E-state index in [1.807, 2.05) is 6.92 Å². The van der Waals surface area contributed by atoms with Gasteiger partial charge in [0.2, 0.25) is 5.91 Å². The monoisotopic (exact) mass is 199 g/mol. The van der Waals surface area contributed by atoms with Gasteiger partial charge in [-0.1, -0.05) is 0 Å². The number of likely N-dealkylation sites (N-methyl/N-ethyl adjacent to an activating group) is 1. The Morgan fingerprint density at radius 2 is 2.29 bits per heavy atom. The summed E-state index contributed by atoms with van der Waals surface area (Å²) in [7, 11) is 0. The highest BCUT2D eigenvalue weighted by atomic mass is 16.2. The van der Waals surface area contributed by atoms with Crippen molar-refractivity contribution in [2.75, 3.05) is 26.2 Å². The molecule has 0 spiro atoms. The number of rotatable bonds is 3. The first-order chi connectivity index (χ1) is 6.63. The van der Waals surface area contributed by atoms with Crippen molar-refractivity contribution in [2.45, 2.75) is 32.9 Å². The second-order valence-electron chi connectivity index (χ2n) is 4.04. The van der Waals surface area contributed by atoms with Gasteiger partial charge < -0.3 is 10.6 Å². The molecule has 2 N–H and O–H groups in total. The van der Waals surface area contributed by atoms with Crippen molar-refractivity contribution in [1.82, 2.24) is 15.5 Å². The van der Waals surface area contributed by atoms with Crippen LogP contribution in [0.4, 0.5) is 0 Å². The van der Waals surface area contributed by atoms with Gasteiger partial charge >= 0.3 is 0 Å². The molecule has 1 aliphatic rings. The normalized spacial score (nSPS) is 28.8. The number of carbonyl (C=O) groups is 1. The zero-order valence-electron chi connectivity index (χ0n) is 9.34. The molecule has 0 radical (unpaired) electrons. The standard InChI is InChI=1S/C10H21N3O/c1-4-11-10(14)7-13-6-8(2)12-5-9(13)3/h8-9,12H,4-7H2,1-3H3,(H,11,14). The van der Waals surface area contributed by atoms with E-state index in [4.69, 9.17) is 0 Å². The maximum atomic E-state index is 11.4. The Labute approximate surface area is 86.0 Å². The third-order valence-electron chi connectivity index (χ3n) is 2.61. The van der Waals surface area contributed by atoms with Crippen LogP contribution in [0.3, 0.4) is 0 Å². The van der Waals surface area contributed by atoms with E-state index >= 15 is 0 Å². The summed E-state index contributed by atoms with van der Waals surface area (Å²) in [6.07, 6.45) is 0. The van der Waals surface area contributed by atoms with Gasteiger partial charge in [0.05, 0.1) is 6.54 Å². The summed E-state index contributed by atoms with van der Waals surface area (Å²) in [5, 5.41) is 6.22. The number of piperazine rings is 1. The van der Waals surface area contributed by atoms with Gasteiger partial charge in [-0.3, -0.25) is 9.69 Å². The van der Waals surface area contributed by atoms with E-state index in [1.165, 1.54) is 0 Å². The lowest BCUT2D eigenvalue weighted by Gasteiger charge is -2.36.